The Morgan fingerprint density at radius 3 is 2.48 bits per heavy atom. The van der Waals surface area contributed by atoms with Crippen LogP contribution in [-0.4, -0.2) is 47.8 Å². The predicted octanol–water partition coefficient (Wildman–Crippen LogP) is 4.30. The first-order valence-corrected chi connectivity index (χ1v) is 10.7. The Morgan fingerprint density at radius 1 is 1.10 bits per heavy atom. The van der Waals surface area contributed by atoms with Gasteiger partial charge in [-0.15, -0.1) is 5.06 Å². The maximum absolute atomic E-state index is 6.46. The van der Waals surface area contributed by atoms with Gasteiger partial charge in [-0.1, -0.05) is 47.6 Å². The minimum Gasteiger partial charge on any atom is -0.422 e. The Labute approximate surface area is 182 Å². The first-order chi connectivity index (χ1) is 15.0. The van der Waals surface area contributed by atoms with E-state index in [9.17, 15) is 0 Å². The van der Waals surface area contributed by atoms with Gasteiger partial charge in [0.15, 0.2) is 17.5 Å². The van der Waals surface area contributed by atoms with E-state index in [1.165, 1.54) is 0 Å². The number of aromatic nitrogens is 1. The van der Waals surface area contributed by atoms with Crippen molar-refractivity contribution in [3.05, 3.63) is 60.2 Å². The average Bonchev–Trinajstić information content (AvgIpc) is 3.35. The molecule has 3 unspecified atom stereocenters. The minimum absolute atomic E-state index is 0.235. The molecule has 2 heterocycles. The number of fused-ring (bicyclic) bond motifs is 1. The lowest BCUT2D eigenvalue weighted by atomic mass is 10.0. The third-order valence-electron chi connectivity index (χ3n) is 5.49. The van der Waals surface area contributed by atoms with Crippen molar-refractivity contribution in [1.82, 2.24) is 15.2 Å². The zero-order valence-electron chi connectivity index (χ0n) is 18.7. The molecule has 0 radical (unpaired) electrons. The number of rotatable bonds is 8. The third-order valence-corrected chi connectivity index (χ3v) is 5.49. The van der Waals surface area contributed by atoms with Gasteiger partial charge in [-0.05, 0) is 45.4 Å². The summed E-state index contributed by atoms with van der Waals surface area (Å²) < 4.78 is 11.9. The number of nitrogens with zero attached hydrogens (tertiary/aromatic N) is 4. The van der Waals surface area contributed by atoms with Crippen molar-refractivity contribution in [2.75, 3.05) is 25.3 Å². The molecule has 1 saturated heterocycles. The largest absolute Gasteiger partial charge is 0.422 e. The molecule has 1 fully saturated rings. The third kappa shape index (κ3) is 3.81. The van der Waals surface area contributed by atoms with Crippen molar-refractivity contribution < 1.29 is 18.8 Å². The maximum Gasteiger partial charge on any atom is 0.315 e. The van der Waals surface area contributed by atoms with Crippen LogP contribution in [0.25, 0.3) is 11.1 Å². The smallest absolute Gasteiger partial charge is 0.315 e. The van der Waals surface area contributed by atoms with Crippen molar-refractivity contribution in [3.8, 4) is 0 Å². The van der Waals surface area contributed by atoms with Crippen LogP contribution >= 0.6 is 0 Å². The molecule has 3 atom stereocenters. The Bertz CT molecular complexity index is 964. The van der Waals surface area contributed by atoms with Gasteiger partial charge in [-0.2, -0.15) is 4.98 Å². The number of anilines is 1. The van der Waals surface area contributed by atoms with E-state index in [0.717, 1.165) is 11.1 Å². The number of ether oxygens (including phenoxy) is 1. The van der Waals surface area contributed by atoms with Gasteiger partial charge >= 0.3 is 6.01 Å². The van der Waals surface area contributed by atoms with Gasteiger partial charge in [-0.3, -0.25) is 9.68 Å². The molecule has 1 aliphatic rings. The molecule has 0 saturated carbocycles. The fraction of sp³-hybridized carbons (Fsp3) is 0.435. The van der Waals surface area contributed by atoms with Crippen LogP contribution in [-0.2, 0) is 20.1 Å². The first-order valence-electron chi connectivity index (χ1n) is 10.7. The van der Waals surface area contributed by atoms with E-state index in [4.69, 9.17) is 18.8 Å². The molecule has 1 aliphatic heterocycles. The zero-order valence-corrected chi connectivity index (χ0v) is 18.7. The van der Waals surface area contributed by atoms with Crippen LogP contribution in [0.2, 0.25) is 0 Å². The highest BCUT2D eigenvalue weighted by molar-refractivity contribution is 5.74. The molecule has 0 N–H and O–H groups in total. The van der Waals surface area contributed by atoms with Gasteiger partial charge in [0.1, 0.15) is 5.52 Å². The number of benzene rings is 2. The molecule has 31 heavy (non-hydrogen) atoms. The van der Waals surface area contributed by atoms with Crippen molar-refractivity contribution in [3.63, 3.8) is 0 Å². The second kappa shape index (κ2) is 8.94. The lowest BCUT2D eigenvalue weighted by Crippen LogP contribution is -2.55. The molecule has 2 aromatic carbocycles. The zero-order chi connectivity index (χ0) is 22.0. The number of hydrogen-bond acceptors (Lipinski definition) is 8. The molecule has 0 amide bonds. The summed E-state index contributed by atoms with van der Waals surface area (Å²) in [4.78, 5) is 17.2. The average molecular weight is 427 g/mol. The second-order valence-corrected chi connectivity index (χ2v) is 7.55. The van der Waals surface area contributed by atoms with Gasteiger partial charge < -0.3 is 9.15 Å². The predicted molar refractivity (Wildman–Crippen MR) is 117 cm³/mol. The van der Waals surface area contributed by atoms with Crippen molar-refractivity contribution in [2.45, 2.75) is 45.7 Å². The molecule has 8 nitrogen and oxygen atoms in total. The van der Waals surface area contributed by atoms with Gasteiger partial charge in [-0.25, -0.2) is 5.01 Å². The molecule has 8 heteroatoms. The Kier molecular flexibility index (Phi) is 6.27. The van der Waals surface area contributed by atoms with E-state index in [1.54, 1.807) is 10.2 Å². The summed E-state index contributed by atoms with van der Waals surface area (Å²) in [5, 5.41) is 5.39. The highest BCUT2D eigenvalue weighted by Crippen LogP contribution is 2.44. The summed E-state index contributed by atoms with van der Waals surface area (Å²) in [7, 11) is 1.86. The number of oxazole rings is 1. The molecule has 4 rings (SSSR count). The van der Waals surface area contributed by atoms with Crippen molar-refractivity contribution in [2.24, 2.45) is 0 Å². The van der Waals surface area contributed by atoms with E-state index in [2.05, 4.69) is 24.0 Å². The van der Waals surface area contributed by atoms with Crippen LogP contribution in [0.15, 0.2) is 59.0 Å². The first kappa shape index (κ1) is 21.7. The molecule has 0 spiro atoms. The Morgan fingerprint density at radius 2 is 1.81 bits per heavy atom. The Hall–Kier alpha value is -2.49. The quantitative estimate of drug-likeness (QED) is 0.528. The van der Waals surface area contributed by atoms with Crippen LogP contribution in [0.5, 0.6) is 0 Å². The fourth-order valence-corrected chi connectivity index (χ4v) is 3.97. The van der Waals surface area contributed by atoms with Gasteiger partial charge in [0.05, 0.1) is 12.7 Å². The molecule has 1 aromatic heterocycles. The molecule has 3 aromatic rings. The Balaban J connectivity index is 1.79. The molecule has 166 valence electrons. The lowest BCUT2D eigenvalue weighted by Gasteiger charge is -2.40. The van der Waals surface area contributed by atoms with E-state index in [-0.39, 0.29) is 6.10 Å². The van der Waals surface area contributed by atoms with Gasteiger partial charge in [0, 0.05) is 13.7 Å². The fourth-order valence-electron chi connectivity index (χ4n) is 3.97. The lowest BCUT2D eigenvalue weighted by molar-refractivity contribution is -0.262. The van der Waals surface area contributed by atoms with E-state index >= 15 is 0 Å². The van der Waals surface area contributed by atoms with Crippen molar-refractivity contribution in [1.29, 1.82) is 0 Å². The topological polar surface area (TPSA) is 63.4 Å². The summed E-state index contributed by atoms with van der Waals surface area (Å²) in [6, 6.07) is 18.2. The number of hydrazine groups is 1. The van der Waals surface area contributed by atoms with Crippen LogP contribution in [0, 0.1) is 0 Å². The molecule has 0 bridgehead atoms. The minimum atomic E-state index is -0.803. The van der Waals surface area contributed by atoms with Crippen LogP contribution in [0.4, 0.5) is 6.01 Å². The van der Waals surface area contributed by atoms with Gasteiger partial charge in [0.25, 0.3) is 0 Å². The molecular weight excluding hydrogens is 396 g/mol. The highest BCUT2D eigenvalue weighted by atomic mass is 16.8. The van der Waals surface area contributed by atoms with E-state index in [0.29, 0.717) is 24.8 Å². The number of hydrogen-bond donors (Lipinski definition) is 0. The van der Waals surface area contributed by atoms with Crippen LogP contribution in [0.3, 0.4) is 0 Å². The number of para-hydroxylation sites is 2. The summed E-state index contributed by atoms with van der Waals surface area (Å²) >= 11 is 0. The van der Waals surface area contributed by atoms with Crippen molar-refractivity contribution >= 4 is 17.1 Å². The maximum atomic E-state index is 6.46. The summed E-state index contributed by atoms with van der Waals surface area (Å²) in [6.07, 6.45) is -0.710. The number of hydroxylamine groups is 3. The summed E-state index contributed by atoms with van der Waals surface area (Å²) in [5.41, 5.74) is 1.69. The monoisotopic (exact) mass is 426 g/mol. The van der Waals surface area contributed by atoms with Crippen LogP contribution in [0.1, 0.15) is 33.3 Å². The SMILES string of the molecule is CCOC(C)C1ON(N(C)c2nc3ccccc3o2)C(C)(c2ccccc2)N1OCC. The molecular formula is C23H30N4O4. The summed E-state index contributed by atoms with van der Waals surface area (Å²) in [5.74, 6) is 0. The van der Waals surface area contributed by atoms with Gasteiger partial charge in [0.2, 0.25) is 0 Å². The van der Waals surface area contributed by atoms with E-state index < -0.39 is 11.9 Å². The van der Waals surface area contributed by atoms with Crippen LogP contribution < -0.4 is 5.01 Å². The molecule has 0 aliphatic carbocycles. The standard InChI is InChI=1S/C23H30N4O4/c1-6-28-17(3)21-26(29-7-2)23(4,18-13-9-8-10-14-18)27(31-21)25(5)22-24-19-15-11-12-16-20(19)30-22/h8-17,21H,6-7H2,1-5H3. The van der Waals surface area contributed by atoms with E-state index in [1.807, 2.05) is 75.3 Å². The highest BCUT2D eigenvalue weighted by Gasteiger charge is 2.57. The summed E-state index contributed by atoms with van der Waals surface area (Å²) in [6.45, 7) is 9.02. The normalized spacial score (nSPS) is 23.5. The second-order valence-electron chi connectivity index (χ2n) is 7.55.